The van der Waals surface area contributed by atoms with Crippen molar-refractivity contribution in [3.63, 3.8) is 0 Å². The van der Waals surface area contributed by atoms with E-state index in [1.807, 2.05) is 6.07 Å². The quantitative estimate of drug-likeness (QED) is 0.682. The summed E-state index contributed by atoms with van der Waals surface area (Å²) in [5, 5.41) is 3.18. The molecule has 2 heterocycles. The number of rotatable bonds is 4. The molecule has 1 aromatic rings. The lowest BCUT2D eigenvalue weighted by atomic mass is 10.1. The Morgan fingerprint density at radius 3 is 2.62 bits per heavy atom. The van der Waals surface area contributed by atoms with Crippen LogP contribution in [-0.2, 0) is 16.1 Å². The van der Waals surface area contributed by atoms with Crippen molar-refractivity contribution in [3.8, 4) is 0 Å². The third-order valence-corrected chi connectivity index (χ3v) is 4.51. The van der Waals surface area contributed by atoms with E-state index < -0.39 is 0 Å². The lowest BCUT2D eigenvalue weighted by Crippen LogP contribution is -2.43. The molecule has 1 aliphatic carbocycles. The van der Waals surface area contributed by atoms with Crippen molar-refractivity contribution < 1.29 is 14.0 Å². The topological polar surface area (TPSA) is 62.6 Å². The largest absolute Gasteiger partial charge is 0.472 e. The van der Waals surface area contributed by atoms with Gasteiger partial charge < -0.3 is 9.73 Å². The Kier molecular flexibility index (Phi) is 4.39. The smallest absolute Gasteiger partial charge is 0.247 e. The highest BCUT2D eigenvalue weighted by molar-refractivity contribution is 6.05. The predicted molar refractivity (Wildman–Crippen MR) is 77.3 cm³/mol. The van der Waals surface area contributed by atoms with Crippen LogP contribution in [0.15, 0.2) is 23.0 Å². The Balaban J connectivity index is 1.61. The van der Waals surface area contributed by atoms with Gasteiger partial charge in [0.15, 0.2) is 0 Å². The maximum absolute atomic E-state index is 12.5. The van der Waals surface area contributed by atoms with Crippen LogP contribution in [0.1, 0.15) is 50.5 Å². The van der Waals surface area contributed by atoms with E-state index >= 15 is 0 Å². The van der Waals surface area contributed by atoms with Crippen molar-refractivity contribution in [1.82, 2.24) is 10.2 Å². The van der Waals surface area contributed by atoms with E-state index in [-0.39, 0.29) is 30.3 Å². The molecule has 2 aliphatic rings. The van der Waals surface area contributed by atoms with Gasteiger partial charge in [-0.25, -0.2) is 0 Å². The number of carbonyl (C=O) groups is 2. The molecule has 1 saturated carbocycles. The summed E-state index contributed by atoms with van der Waals surface area (Å²) >= 11 is 0. The molecule has 3 rings (SSSR count). The first kappa shape index (κ1) is 14.3. The minimum absolute atomic E-state index is 0.0170. The number of hydrogen-bond acceptors (Lipinski definition) is 4. The molecule has 0 bridgehead atoms. The zero-order valence-electron chi connectivity index (χ0n) is 12.2. The Bertz CT molecular complexity index is 490. The number of nitrogens with zero attached hydrogens (tertiary/aromatic N) is 1. The van der Waals surface area contributed by atoms with Gasteiger partial charge in [0.25, 0.3) is 0 Å². The summed E-state index contributed by atoms with van der Waals surface area (Å²) in [5.74, 6) is -0.0630. The van der Waals surface area contributed by atoms with Gasteiger partial charge in [-0.05, 0) is 18.9 Å². The van der Waals surface area contributed by atoms with Crippen LogP contribution < -0.4 is 5.32 Å². The number of carbonyl (C=O) groups excluding carboxylic acids is 2. The molecule has 1 atom stereocenters. The van der Waals surface area contributed by atoms with E-state index in [0.717, 1.165) is 31.2 Å². The summed E-state index contributed by atoms with van der Waals surface area (Å²) in [5.41, 5.74) is 0.989. The van der Waals surface area contributed by atoms with Crippen LogP contribution >= 0.6 is 0 Å². The second-order valence-electron chi connectivity index (χ2n) is 6.02. The van der Waals surface area contributed by atoms with Gasteiger partial charge >= 0.3 is 0 Å². The molecule has 2 fully saturated rings. The maximum Gasteiger partial charge on any atom is 0.247 e. The first-order valence-corrected chi connectivity index (χ1v) is 7.86. The van der Waals surface area contributed by atoms with Gasteiger partial charge in [-0.15, -0.1) is 0 Å². The molecule has 1 aromatic heterocycles. The highest BCUT2D eigenvalue weighted by Gasteiger charge is 2.41. The molecule has 5 nitrogen and oxygen atoms in total. The Hall–Kier alpha value is -1.62. The molecule has 1 N–H and O–H groups in total. The fourth-order valence-electron chi connectivity index (χ4n) is 3.34. The van der Waals surface area contributed by atoms with Crippen molar-refractivity contribution in [2.75, 3.05) is 0 Å². The summed E-state index contributed by atoms with van der Waals surface area (Å²) in [6.07, 6.45) is 10.1. The van der Waals surface area contributed by atoms with E-state index in [4.69, 9.17) is 4.42 Å². The van der Waals surface area contributed by atoms with Crippen LogP contribution in [0.25, 0.3) is 0 Å². The van der Waals surface area contributed by atoms with Crippen molar-refractivity contribution >= 4 is 11.8 Å². The van der Waals surface area contributed by atoms with Crippen LogP contribution in [0.5, 0.6) is 0 Å². The molecule has 2 amide bonds. The van der Waals surface area contributed by atoms with Crippen LogP contribution in [0, 0.1) is 0 Å². The number of nitrogens with one attached hydrogen (secondary N) is 1. The maximum atomic E-state index is 12.5. The van der Waals surface area contributed by atoms with Crippen LogP contribution in [0.3, 0.4) is 0 Å². The zero-order valence-corrected chi connectivity index (χ0v) is 12.2. The summed E-state index contributed by atoms with van der Waals surface area (Å²) in [7, 11) is 0. The second kappa shape index (κ2) is 6.43. The average Bonchev–Trinajstić information content (AvgIpc) is 2.98. The number of likely N-dealkylation sites (tertiary alicyclic amines) is 1. The molecule has 21 heavy (non-hydrogen) atoms. The normalized spacial score (nSPS) is 24.6. The third kappa shape index (κ3) is 3.18. The zero-order chi connectivity index (χ0) is 14.7. The number of imide groups is 1. The molecule has 1 aliphatic heterocycles. The molecular weight excluding hydrogens is 268 g/mol. The molecule has 0 spiro atoms. The third-order valence-electron chi connectivity index (χ3n) is 4.51. The number of amides is 2. The van der Waals surface area contributed by atoms with Gasteiger partial charge in [-0.1, -0.05) is 25.7 Å². The first-order valence-electron chi connectivity index (χ1n) is 7.86. The first-order chi connectivity index (χ1) is 10.3. The van der Waals surface area contributed by atoms with Crippen molar-refractivity contribution in [2.24, 2.45) is 0 Å². The number of furan rings is 1. The SMILES string of the molecule is O=C1CC(NCc2ccoc2)C(=O)N1C1CCCCCC1. The summed E-state index contributed by atoms with van der Waals surface area (Å²) in [6, 6.07) is 1.60. The van der Waals surface area contributed by atoms with Gasteiger partial charge in [0.1, 0.15) is 0 Å². The van der Waals surface area contributed by atoms with E-state index in [9.17, 15) is 9.59 Å². The highest BCUT2D eigenvalue weighted by Crippen LogP contribution is 2.26. The second-order valence-corrected chi connectivity index (χ2v) is 6.02. The van der Waals surface area contributed by atoms with Crippen LogP contribution in [0.2, 0.25) is 0 Å². The minimum atomic E-state index is -0.379. The molecule has 0 radical (unpaired) electrons. The highest BCUT2D eigenvalue weighted by atomic mass is 16.3. The van der Waals surface area contributed by atoms with Crippen molar-refractivity contribution in [3.05, 3.63) is 24.2 Å². The van der Waals surface area contributed by atoms with Gasteiger partial charge in [0.2, 0.25) is 11.8 Å². The Morgan fingerprint density at radius 2 is 1.95 bits per heavy atom. The van der Waals surface area contributed by atoms with Crippen LogP contribution in [0.4, 0.5) is 0 Å². The van der Waals surface area contributed by atoms with Crippen molar-refractivity contribution in [2.45, 2.75) is 63.6 Å². The number of hydrogen-bond donors (Lipinski definition) is 1. The molecule has 1 saturated heterocycles. The fraction of sp³-hybridized carbons (Fsp3) is 0.625. The summed E-state index contributed by atoms with van der Waals surface area (Å²) < 4.78 is 5.01. The fourth-order valence-corrected chi connectivity index (χ4v) is 3.34. The van der Waals surface area contributed by atoms with E-state index in [1.54, 1.807) is 17.4 Å². The van der Waals surface area contributed by atoms with Crippen LogP contribution in [-0.4, -0.2) is 28.8 Å². The monoisotopic (exact) mass is 290 g/mol. The van der Waals surface area contributed by atoms with Gasteiger partial charge in [-0.3, -0.25) is 14.5 Å². The molecule has 0 aromatic carbocycles. The minimum Gasteiger partial charge on any atom is -0.472 e. The van der Waals surface area contributed by atoms with E-state index in [0.29, 0.717) is 6.54 Å². The van der Waals surface area contributed by atoms with Crippen molar-refractivity contribution in [1.29, 1.82) is 0 Å². The summed E-state index contributed by atoms with van der Waals surface area (Å²) in [4.78, 5) is 26.3. The lowest BCUT2D eigenvalue weighted by molar-refractivity contribution is -0.141. The lowest BCUT2D eigenvalue weighted by Gasteiger charge is -2.25. The predicted octanol–water partition coefficient (Wildman–Crippen LogP) is 2.22. The van der Waals surface area contributed by atoms with Gasteiger partial charge in [-0.2, -0.15) is 0 Å². The molecular formula is C16H22N2O3. The Labute approximate surface area is 124 Å². The van der Waals surface area contributed by atoms with E-state index in [1.165, 1.54) is 12.8 Å². The van der Waals surface area contributed by atoms with Gasteiger partial charge in [0, 0.05) is 18.2 Å². The standard InChI is InChI=1S/C16H22N2O3/c19-15-9-14(17-10-12-7-8-21-11-12)16(20)18(15)13-5-3-1-2-4-6-13/h7-8,11,13-14,17H,1-6,9-10H2. The van der Waals surface area contributed by atoms with Gasteiger partial charge in [0.05, 0.1) is 25.0 Å². The average molecular weight is 290 g/mol. The van der Waals surface area contributed by atoms with E-state index in [2.05, 4.69) is 5.32 Å². The Morgan fingerprint density at radius 1 is 1.19 bits per heavy atom. The summed E-state index contributed by atoms with van der Waals surface area (Å²) in [6.45, 7) is 0.554. The molecule has 5 heteroatoms. The molecule has 114 valence electrons. The molecule has 1 unspecified atom stereocenters.